The first-order chi connectivity index (χ1) is 10.2. The van der Waals surface area contributed by atoms with Crippen LogP contribution in [-0.4, -0.2) is 46.5 Å². The minimum absolute atomic E-state index is 0.208. The Labute approximate surface area is 131 Å². The summed E-state index contributed by atoms with van der Waals surface area (Å²) in [5, 5.41) is 20.1. The van der Waals surface area contributed by atoms with Crippen molar-refractivity contribution >= 4 is 0 Å². The predicted octanol–water partition coefficient (Wildman–Crippen LogP) is 1.86. The molecule has 5 heteroatoms. The van der Waals surface area contributed by atoms with Gasteiger partial charge in [-0.05, 0) is 33.3 Å². The second-order valence-corrected chi connectivity index (χ2v) is 6.64. The molecule has 2 N–H and O–H groups in total. The van der Waals surface area contributed by atoms with Gasteiger partial charge in [-0.1, -0.05) is 30.3 Å². The van der Waals surface area contributed by atoms with E-state index in [4.69, 9.17) is 14.2 Å². The molecule has 0 amide bonds. The highest BCUT2D eigenvalue weighted by Gasteiger charge is 2.49. The lowest BCUT2D eigenvalue weighted by Gasteiger charge is -2.35. The molecule has 5 nitrogen and oxygen atoms in total. The predicted molar refractivity (Wildman–Crippen MR) is 82.2 cm³/mol. The molecule has 0 saturated carbocycles. The molecule has 1 aromatic rings. The van der Waals surface area contributed by atoms with Crippen LogP contribution in [0, 0.1) is 0 Å². The summed E-state index contributed by atoms with van der Waals surface area (Å²) in [7, 11) is 0. The van der Waals surface area contributed by atoms with Gasteiger partial charge in [-0.2, -0.15) is 0 Å². The number of rotatable bonds is 6. The van der Waals surface area contributed by atoms with E-state index >= 15 is 0 Å². The molecule has 1 aromatic carbocycles. The van der Waals surface area contributed by atoms with E-state index in [0.29, 0.717) is 6.61 Å². The zero-order valence-corrected chi connectivity index (χ0v) is 13.7. The van der Waals surface area contributed by atoms with Crippen LogP contribution in [-0.2, 0) is 20.8 Å². The molecule has 0 aliphatic carbocycles. The second-order valence-electron chi connectivity index (χ2n) is 6.64. The van der Waals surface area contributed by atoms with E-state index < -0.39 is 29.7 Å². The summed E-state index contributed by atoms with van der Waals surface area (Å²) in [6, 6.07) is 9.77. The van der Waals surface area contributed by atoms with Gasteiger partial charge < -0.3 is 24.4 Å². The molecule has 3 atom stereocenters. The van der Waals surface area contributed by atoms with Gasteiger partial charge in [0.2, 0.25) is 0 Å². The number of benzene rings is 1. The Balaban J connectivity index is 2.01. The smallest absolute Gasteiger partial charge is 0.164 e. The third-order valence-corrected chi connectivity index (χ3v) is 3.88. The molecule has 1 saturated heterocycles. The number of hydrogen-bond acceptors (Lipinski definition) is 5. The quantitative estimate of drug-likeness (QED) is 0.839. The van der Waals surface area contributed by atoms with Gasteiger partial charge in [-0.15, -0.1) is 0 Å². The summed E-state index contributed by atoms with van der Waals surface area (Å²) in [6.45, 7) is 7.33. The molecule has 0 radical (unpaired) electrons. The molecule has 1 aliphatic heterocycles. The molecule has 1 aliphatic rings. The van der Waals surface area contributed by atoms with Gasteiger partial charge in [0.25, 0.3) is 0 Å². The maximum Gasteiger partial charge on any atom is 0.164 e. The monoisotopic (exact) mass is 310 g/mol. The van der Waals surface area contributed by atoms with Crippen LogP contribution >= 0.6 is 0 Å². The minimum atomic E-state index is -0.921. The summed E-state index contributed by atoms with van der Waals surface area (Å²) < 4.78 is 17.2. The van der Waals surface area contributed by atoms with Crippen LogP contribution in [0.1, 0.15) is 33.3 Å². The third kappa shape index (κ3) is 4.06. The molecular formula is C17H26O5. The van der Waals surface area contributed by atoms with E-state index in [1.165, 1.54) is 0 Å². The molecular weight excluding hydrogens is 284 g/mol. The summed E-state index contributed by atoms with van der Waals surface area (Å²) >= 11 is 0. The van der Waals surface area contributed by atoms with Gasteiger partial charge in [0, 0.05) is 0 Å². The van der Waals surface area contributed by atoms with Crippen molar-refractivity contribution in [2.75, 3.05) is 6.61 Å². The van der Waals surface area contributed by atoms with E-state index in [1.54, 1.807) is 13.8 Å². The number of aliphatic hydroxyl groups excluding tert-OH is 2. The SMILES string of the molecule is CC1(C)O[C@H]([C@H](O)C(C)(C)OCc2ccccc2)[C@H](CO)O1. The molecule has 2 rings (SSSR count). The zero-order valence-electron chi connectivity index (χ0n) is 13.7. The summed E-state index contributed by atoms with van der Waals surface area (Å²) in [4.78, 5) is 0. The second kappa shape index (κ2) is 6.64. The van der Waals surface area contributed by atoms with Crippen LogP contribution in [0.25, 0.3) is 0 Å². The number of hydrogen-bond donors (Lipinski definition) is 2. The fraction of sp³-hybridized carbons (Fsp3) is 0.647. The Kier molecular flexibility index (Phi) is 5.25. The molecule has 0 aromatic heterocycles. The summed E-state index contributed by atoms with van der Waals surface area (Å²) in [5.74, 6) is -0.825. The Bertz CT molecular complexity index is 471. The van der Waals surface area contributed by atoms with Crippen molar-refractivity contribution in [1.29, 1.82) is 0 Å². The average Bonchev–Trinajstić information content (AvgIpc) is 2.80. The Morgan fingerprint density at radius 3 is 2.45 bits per heavy atom. The van der Waals surface area contributed by atoms with Gasteiger partial charge in [0.05, 0.1) is 18.8 Å². The van der Waals surface area contributed by atoms with Crippen molar-refractivity contribution in [1.82, 2.24) is 0 Å². The van der Waals surface area contributed by atoms with Crippen LogP contribution in [0.5, 0.6) is 0 Å². The van der Waals surface area contributed by atoms with Crippen LogP contribution in [0.4, 0.5) is 0 Å². The van der Waals surface area contributed by atoms with Gasteiger partial charge in [0.15, 0.2) is 5.79 Å². The largest absolute Gasteiger partial charge is 0.394 e. The molecule has 1 fully saturated rings. The third-order valence-electron chi connectivity index (χ3n) is 3.88. The summed E-state index contributed by atoms with van der Waals surface area (Å²) in [6.07, 6.45) is -2.12. The lowest BCUT2D eigenvalue weighted by molar-refractivity contribution is -0.184. The van der Waals surface area contributed by atoms with Crippen molar-refractivity contribution in [2.45, 2.75) is 64.0 Å². The first-order valence-electron chi connectivity index (χ1n) is 7.57. The van der Waals surface area contributed by atoms with E-state index in [0.717, 1.165) is 5.56 Å². The average molecular weight is 310 g/mol. The Hall–Kier alpha value is -0.980. The molecule has 22 heavy (non-hydrogen) atoms. The lowest BCUT2D eigenvalue weighted by atomic mass is 9.93. The van der Waals surface area contributed by atoms with Crippen LogP contribution in [0.15, 0.2) is 30.3 Å². The van der Waals surface area contributed by atoms with Gasteiger partial charge in [-0.25, -0.2) is 0 Å². The minimum Gasteiger partial charge on any atom is -0.394 e. The van der Waals surface area contributed by atoms with Crippen LogP contribution < -0.4 is 0 Å². The number of aliphatic hydroxyl groups is 2. The van der Waals surface area contributed by atoms with Crippen LogP contribution in [0.2, 0.25) is 0 Å². The van der Waals surface area contributed by atoms with Crippen molar-refractivity contribution in [2.24, 2.45) is 0 Å². The standard InChI is InChI=1S/C17H26O5/c1-16(2,20-11-12-8-6-5-7-9-12)15(19)14-13(10-18)21-17(3,4)22-14/h5-9,13-15,18-19H,10-11H2,1-4H3/t13-,14-,15-/m0/s1. The topological polar surface area (TPSA) is 68.2 Å². The maximum atomic E-state index is 10.6. The van der Waals surface area contributed by atoms with Crippen molar-refractivity contribution in [3.05, 3.63) is 35.9 Å². The van der Waals surface area contributed by atoms with Gasteiger partial charge >= 0.3 is 0 Å². The molecule has 0 bridgehead atoms. The molecule has 0 unspecified atom stereocenters. The normalized spacial score (nSPS) is 26.1. The van der Waals surface area contributed by atoms with Crippen molar-refractivity contribution in [3.8, 4) is 0 Å². The maximum absolute atomic E-state index is 10.6. The zero-order chi connectivity index (χ0) is 16.4. The highest BCUT2D eigenvalue weighted by atomic mass is 16.8. The first-order valence-corrected chi connectivity index (χ1v) is 7.57. The molecule has 1 heterocycles. The fourth-order valence-corrected chi connectivity index (χ4v) is 2.60. The van der Waals surface area contributed by atoms with Gasteiger partial charge in [0.1, 0.15) is 18.3 Å². The first kappa shape index (κ1) is 17.4. The summed E-state index contributed by atoms with van der Waals surface area (Å²) in [5.41, 5.74) is 0.197. The van der Waals surface area contributed by atoms with E-state index in [-0.39, 0.29) is 6.61 Å². The van der Waals surface area contributed by atoms with E-state index in [1.807, 2.05) is 44.2 Å². The van der Waals surface area contributed by atoms with E-state index in [2.05, 4.69) is 0 Å². The Morgan fingerprint density at radius 2 is 1.86 bits per heavy atom. The Morgan fingerprint density at radius 1 is 1.23 bits per heavy atom. The highest BCUT2D eigenvalue weighted by Crippen LogP contribution is 2.34. The lowest BCUT2D eigenvalue weighted by Crippen LogP contribution is -2.51. The van der Waals surface area contributed by atoms with Crippen molar-refractivity contribution in [3.63, 3.8) is 0 Å². The van der Waals surface area contributed by atoms with E-state index in [9.17, 15) is 10.2 Å². The van der Waals surface area contributed by atoms with Gasteiger partial charge in [-0.3, -0.25) is 0 Å². The highest BCUT2D eigenvalue weighted by molar-refractivity contribution is 5.13. The molecule has 0 spiro atoms. The number of ether oxygens (including phenoxy) is 3. The van der Waals surface area contributed by atoms with Crippen molar-refractivity contribution < 1.29 is 24.4 Å². The molecule has 124 valence electrons. The fourth-order valence-electron chi connectivity index (χ4n) is 2.60. The van der Waals surface area contributed by atoms with Crippen LogP contribution in [0.3, 0.4) is 0 Å².